The lowest BCUT2D eigenvalue weighted by molar-refractivity contribution is -0.189. The van der Waals surface area contributed by atoms with Crippen LogP contribution in [0.3, 0.4) is 0 Å². The fourth-order valence-corrected chi connectivity index (χ4v) is 3.51. The molecule has 0 saturated heterocycles. The summed E-state index contributed by atoms with van der Waals surface area (Å²) in [7, 11) is 1.38. The molecule has 10 nitrogen and oxygen atoms in total. The van der Waals surface area contributed by atoms with Gasteiger partial charge in [-0.25, -0.2) is 9.18 Å². The summed E-state index contributed by atoms with van der Waals surface area (Å²) in [4.78, 5) is 26.2. The fraction of sp³-hybridized carbons (Fsp3) is 0.360. The molecule has 1 heterocycles. The number of ether oxygens (including phenoxy) is 2. The summed E-state index contributed by atoms with van der Waals surface area (Å²) in [5.74, 6) is -5.04. The zero-order valence-electron chi connectivity index (χ0n) is 21.4. The van der Waals surface area contributed by atoms with Gasteiger partial charge >= 0.3 is 18.2 Å². The van der Waals surface area contributed by atoms with Crippen molar-refractivity contribution >= 4 is 23.6 Å². The summed E-state index contributed by atoms with van der Waals surface area (Å²) in [6.45, 7) is 7.68. The van der Waals surface area contributed by atoms with Gasteiger partial charge in [0.15, 0.2) is 0 Å². The van der Waals surface area contributed by atoms with Gasteiger partial charge in [-0.05, 0) is 50.3 Å². The Kier molecular flexibility index (Phi) is 9.82. The van der Waals surface area contributed by atoms with Gasteiger partial charge in [-0.1, -0.05) is 18.9 Å². The Morgan fingerprint density at radius 1 is 1.05 bits per heavy atom. The van der Waals surface area contributed by atoms with Crippen molar-refractivity contribution < 1.29 is 41.0 Å². The zero-order chi connectivity index (χ0) is 28.6. The van der Waals surface area contributed by atoms with E-state index in [9.17, 15) is 27.2 Å². The second-order valence-electron chi connectivity index (χ2n) is 8.12. The molecule has 0 spiro atoms. The summed E-state index contributed by atoms with van der Waals surface area (Å²) in [5.41, 5.74) is 0.0960. The number of methoxy groups -OCH3 is 1. The van der Waals surface area contributed by atoms with Crippen molar-refractivity contribution in [1.29, 1.82) is 0 Å². The van der Waals surface area contributed by atoms with E-state index in [4.69, 9.17) is 9.15 Å². The number of rotatable bonds is 12. The van der Waals surface area contributed by atoms with E-state index in [1.165, 1.54) is 25.3 Å². The van der Waals surface area contributed by atoms with E-state index >= 15 is 0 Å². The molecule has 39 heavy (non-hydrogen) atoms. The summed E-state index contributed by atoms with van der Waals surface area (Å²) in [6.07, 6.45) is -4.46. The normalized spacial score (nSPS) is 11.4. The lowest BCUT2D eigenvalue weighted by Crippen LogP contribution is -2.29. The van der Waals surface area contributed by atoms with Gasteiger partial charge in [0.1, 0.15) is 17.3 Å². The molecule has 0 saturated carbocycles. The Hall–Kier alpha value is -4.20. The molecule has 0 atom stereocenters. The molecule has 1 amide bonds. The standard InChI is InChI=1S/C25H27F4N5O5/c1-4-34(5-2)12-6-11-30-24-33-32-22(39-24)18-10-8-16(14-19(18)37-3)31-21(35)17-9-7-15(26)13-20(17)38-23(36)25(27,28)29/h7-10,13-14H,4-6,11-12H2,1-3H3,(H,30,33)(H,31,35). The number of nitrogens with one attached hydrogen (secondary N) is 2. The number of halogens is 4. The quantitative estimate of drug-likeness (QED) is 0.142. The zero-order valence-corrected chi connectivity index (χ0v) is 21.4. The molecular formula is C25H27F4N5O5. The first-order chi connectivity index (χ1) is 18.5. The van der Waals surface area contributed by atoms with Crippen LogP contribution in [0.1, 0.15) is 30.6 Å². The maximum absolute atomic E-state index is 13.6. The third kappa shape index (κ3) is 7.89. The molecule has 0 aliphatic heterocycles. The van der Waals surface area contributed by atoms with Gasteiger partial charge in [-0.15, -0.1) is 5.10 Å². The van der Waals surface area contributed by atoms with E-state index < -0.39 is 35.2 Å². The van der Waals surface area contributed by atoms with Gasteiger partial charge in [-0.2, -0.15) is 13.2 Å². The van der Waals surface area contributed by atoms with Gasteiger partial charge in [0, 0.05) is 24.4 Å². The van der Waals surface area contributed by atoms with Crippen LogP contribution in [0.5, 0.6) is 11.5 Å². The number of alkyl halides is 3. The van der Waals surface area contributed by atoms with Crippen molar-refractivity contribution in [1.82, 2.24) is 15.1 Å². The molecule has 0 radical (unpaired) electrons. The molecule has 3 rings (SSSR count). The van der Waals surface area contributed by atoms with Crippen molar-refractivity contribution in [3.63, 3.8) is 0 Å². The second kappa shape index (κ2) is 13.0. The Bertz CT molecular complexity index is 1290. The average Bonchev–Trinajstić information content (AvgIpc) is 3.36. The number of aromatic nitrogens is 2. The Labute approximate surface area is 221 Å². The van der Waals surface area contributed by atoms with Gasteiger partial charge in [-0.3, -0.25) is 4.79 Å². The Morgan fingerprint density at radius 2 is 1.79 bits per heavy atom. The predicted molar refractivity (Wildman–Crippen MR) is 133 cm³/mol. The van der Waals surface area contributed by atoms with E-state index in [0.717, 1.165) is 38.2 Å². The third-order valence-electron chi connectivity index (χ3n) is 5.56. The Morgan fingerprint density at radius 3 is 2.46 bits per heavy atom. The van der Waals surface area contributed by atoms with Gasteiger partial charge in [0.25, 0.3) is 11.8 Å². The number of hydrogen-bond donors (Lipinski definition) is 2. The van der Waals surface area contributed by atoms with Crippen molar-refractivity contribution in [3.05, 3.63) is 47.8 Å². The highest BCUT2D eigenvalue weighted by molar-refractivity contribution is 6.06. The topological polar surface area (TPSA) is 119 Å². The minimum atomic E-state index is -5.33. The highest BCUT2D eigenvalue weighted by Crippen LogP contribution is 2.33. The first-order valence-corrected chi connectivity index (χ1v) is 11.9. The lowest BCUT2D eigenvalue weighted by atomic mass is 10.1. The first-order valence-electron chi connectivity index (χ1n) is 11.9. The molecule has 0 aliphatic carbocycles. The number of carbonyl (C=O) groups excluding carboxylic acids is 2. The number of carbonyl (C=O) groups is 2. The minimum Gasteiger partial charge on any atom is -0.496 e. The maximum Gasteiger partial charge on any atom is 0.491 e. The minimum absolute atomic E-state index is 0.149. The molecule has 0 fully saturated rings. The summed E-state index contributed by atoms with van der Waals surface area (Å²) >= 11 is 0. The number of esters is 1. The van der Waals surface area contributed by atoms with Gasteiger partial charge in [0.05, 0.1) is 18.2 Å². The first kappa shape index (κ1) is 29.4. The molecular weight excluding hydrogens is 526 g/mol. The second-order valence-corrected chi connectivity index (χ2v) is 8.12. The monoisotopic (exact) mass is 553 g/mol. The highest BCUT2D eigenvalue weighted by atomic mass is 19.4. The third-order valence-corrected chi connectivity index (χ3v) is 5.56. The maximum atomic E-state index is 13.6. The molecule has 2 aromatic carbocycles. The average molecular weight is 554 g/mol. The molecule has 1 aromatic heterocycles. The highest BCUT2D eigenvalue weighted by Gasteiger charge is 2.42. The molecule has 0 aliphatic rings. The molecule has 0 bridgehead atoms. The van der Waals surface area contributed by atoms with E-state index in [0.29, 0.717) is 18.2 Å². The van der Waals surface area contributed by atoms with Crippen LogP contribution in [0.2, 0.25) is 0 Å². The van der Waals surface area contributed by atoms with Crippen LogP contribution in [0, 0.1) is 5.82 Å². The SMILES string of the molecule is CCN(CC)CCCNc1nnc(-c2ccc(NC(=O)c3ccc(F)cc3OC(=O)C(F)(F)F)cc2OC)o1. The summed E-state index contributed by atoms with van der Waals surface area (Å²) in [5, 5.41) is 13.5. The van der Waals surface area contributed by atoms with Gasteiger partial charge < -0.3 is 29.4 Å². The number of anilines is 2. The largest absolute Gasteiger partial charge is 0.496 e. The van der Waals surface area contributed by atoms with E-state index in [1.54, 1.807) is 0 Å². The summed E-state index contributed by atoms with van der Waals surface area (Å²) in [6, 6.07) is 6.87. The van der Waals surface area contributed by atoms with Crippen LogP contribution in [0.15, 0.2) is 40.8 Å². The molecule has 2 N–H and O–H groups in total. The van der Waals surface area contributed by atoms with Crippen molar-refractivity contribution in [2.45, 2.75) is 26.4 Å². The van der Waals surface area contributed by atoms with Crippen molar-refractivity contribution in [2.24, 2.45) is 0 Å². The molecule has 3 aromatic rings. The van der Waals surface area contributed by atoms with Crippen LogP contribution < -0.4 is 20.1 Å². The van der Waals surface area contributed by atoms with E-state index in [1.807, 2.05) is 0 Å². The van der Waals surface area contributed by atoms with Crippen molar-refractivity contribution in [3.8, 4) is 23.0 Å². The van der Waals surface area contributed by atoms with Crippen LogP contribution in [0.25, 0.3) is 11.5 Å². The Balaban J connectivity index is 1.71. The molecule has 210 valence electrons. The van der Waals surface area contributed by atoms with Gasteiger partial charge in [0.2, 0.25) is 0 Å². The summed E-state index contributed by atoms with van der Waals surface area (Å²) < 4.78 is 66.6. The predicted octanol–water partition coefficient (Wildman–Crippen LogP) is 4.75. The lowest BCUT2D eigenvalue weighted by Gasteiger charge is -2.17. The van der Waals surface area contributed by atoms with Crippen LogP contribution in [0.4, 0.5) is 29.3 Å². The van der Waals surface area contributed by atoms with E-state index in [-0.39, 0.29) is 23.3 Å². The number of amides is 1. The van der Waals surface area contributed by atoms with E-state index in [2.05, 4.69) is 44.3 Å². The molecule has 14 heteroatoms. The smallest absolute Gasteiger partial charge is 0.491 e. The van der Waals surface area contributed by atoms with Crippen LogP contribution in [-0.2, 0) is 4.79 Å². The molecule has 0 unspecified atom stereocenters. The van der Waals surface area contributed by atoms with Crippen molar-refractivity contribution in [2.75, 3.05) is 43.9 Å². The number of nitrogens with zero attached hydrogens (tertiary/aromatic N) is 3. The van der Waals surface area contributed by atoms with Crippen LogP contribution >= 0.6 is 0 Å². The van der Waals surface area contributed by atoms with Crippen LogP contribution in [-0.4, -0.2) is 66.4 Å². The number of hydrogen-bond acceptors (Lipinski definition) is 9. The fourth-order valence-electron chi connectivity index (χ4n) is 3.51. The number of benzene rings is 2.